The molecule has 0 unspecified atom stereocenters. The SMILES string of the molecule is c1ccc([C@H]2O[C@@H](c3ccccc3)C[C@@H](c3ccccc3)N2c2ccccc2)cc1. The first-order chi connectivity index (χ1) is 14.9. The van der Waals surface area contributed by atoms with Gasteiger partial charge in [-0.3, -0.25) is 0 Å². The normalized spacial score (nSPS) is 21.3. The molecule has 0 N–H and O–H groups in total. The van der Waals surface area contributed by atoms with E-state index in [2.05, 4.69) is 126 Å². The summed E-state index contributed by atoms with van der Waals surface area (Å²) >= 11 is 0. The predicted molar refractivity (Wildman–Crippen MR) is 122 cm³/mol. The highest BCUT2D eigenvalue weighted by Gasteiger charge is 2.38. The second-order valence-corrected chi connectivity index (χ2v) is 7.70. The molecule has 1 heterocycles. The number of hydrogen-bond donors (Lipinski definition) is 0. The van der Waals surface area contributed by atoms with Crippen molar-refractivity contribution in [3.05, 3.63) is 138 Å². The number of anilines is 1. The first-order valence-electron chi connectivity index (χ1n) is 10.5. The van der Waals surface area contributed by atoms with E-state index in [9.17, 15) is 0 Å². The summed E-state index contributed by atoms with van der Waals surface area (Å²) in [6.45, 7) is 0. The molecule has 148 valence electrons. The second-order valence-electron chi connectivity index (χ2n) is 7.70. The largest absolute Gasteiger partial charge is 0.346 e. The molecule has 0 radical (unpaired) electrons. The Bertz CT molecular complexity index is 1000. The minimum atomic E-state index is -0.169. The number of nitrogens with zero attached hydrogens (tertiary/aromatic N) is 1. The van der Waals surface area contributed by atoms with Gasteiger partial charge in [-0.15, -0.1) is 0 Å². The van der Waals surface area contributed by atoms with Crippen LogP contribution in [0.3, 0.4) is 0 Å². The van der Waals surface area contributed by atoms with Crippen molar-refractivity contribution in [3.8, 4) is 0 Å². The van der Waals surface area contributed by atoms with Gasteiger partial charge in [0.1, 0.15) is 0 Å². The third-order valence-electron chi connectivity index (χ3n) is 5.81. The standard InChI is InChI=1S/C28H25NO/c1-5-13-22(14-6-1)26-21-27(23-15-7-2-8-16-23)30-28(24-17-9-3-10-18-24)29(26)25-19-11-4-12-20-25/h1-20,26-28H,21H2/t26-,27+,28+/m0/s1. The van der Waals surface area contributed by atoms with Gasteiger partial charge in [0, 0.05) is 17.7 Å². The van der Waals surface area contributed by atoms with Gasteiger partial charge in [0.15, 0.2) is 6.23 Å². The van der Waals surface area contributed by atoms with Crippen molar-refractivity contribution in [2.24, 2.45) is 0 Å². The van der Waals surface area contributed by atoms with E-state index in [-0.39, 0.29) is 18.4 Å². The minimum absolute atomic E-state index is 0.0292. The summed E-state index contributed by atoms with van der Waals surface area (Å²) < 4.78 is 6.80. The van der Waals surface area contributed by atoms with E-state index in [4.69, 9.17) is 4.74 Å². The molecule has 0 bridgehead atoms. The van der Waals surface area contributed by atoms with Gasteiger partial charge in [0.25, 0.3) is 0 Å². The van der Waals surface area contributed by atoms with Crippen molar-refractivity contribution in [2.75, 3.05) is 4.90 Å². The Hall–Kier alpha value is -3.36. The number of para-hydroxylation sites is 1. The van der Waals surface area contributed by atoms with Crippen LogP contribution >= 0.6 is 0 Å². The lowest BCUT2D eigenvalue weighted by atomic mass is 9.91. The summed E-state index contributed by atoms with van der Waals surface area (Å²) in [5.41, 5.74) is 4.88. The monoisotopic (exact) mass is 391 g/mol. The Balaban J connectivity index is 1.64. The van der Waals surface area contributed by atoms with Crippen LogP contribution in [0.1, 0.15) is 41.5 Å². The highest BCUT2D eigenvalue weighted by molar-refractivity contribution is 5.52. The topological polar surface area (TPSA) is 12.5 Å². The van der Waals surface area contributed by atoms with E-state index in [1.807, 2.05) is 0 Å². The van der Waals surface area contributed by atoms with E-state index in [1.165, 1.54) is 22.4 Å². The average molecular weight is 392 g/mol. The fourth-order valence-corrected chi connectivity index (χ4v) is 4.38. The lowest BCUT2D eigenvalue weighted by Crippen LogP contribution is -2.40. The Labute approximate surface area is 178 Å². The van der Waals surface area contributed by atoms with Crippen LogP contribution in [0.2, 0.25) is 0 Å². The molecule has 0 aliphatic carbocycles. The fraction of sp³-hybridized carbons (Fsp3) is 0.143. The molecule has 0 saturated carbocycles. The third-order valence-corrected chi connectivity index (χ3v) is 5.81. The van der Waals surface area contributed by atoms with Crippen molar-refractivity contribution in [1.82, 2.24) is 0 Å². The molecule has 1 fully saturated rings. The van der Waals surface area contributed by atoms with Crippen molar-refractivity contribution in [2.45, 2.75) is 24.8 Å². The van der Waals surface area contributed by atoms with Crippen molar-refractivity contribution in [3.63, 3.8) is 0 Å². The lowest BCUT2D eigenvalue weighted by molar-refractivity contribution is -0.0594. The molecule has 0 aromatic heterocycles. The highest BCUT2D eigenvalue weighted by Crippen LogP contribution is 2.48. The molecule has 4 aromatic rings. The van der Waals surface area contributed by atoms with Crippen LogP contribution in [-0.2, 0) is 4.74 Å². The highest BCUT2D eigenvalue weighted by atomic mass is 16.5. The van der Waals surface area contributed by atoms with Crippen LogP contribution in [0.4, 0.5) is 5.69 Å². The van der Waals surface area contributed by atoms with E-state index in [0.29, 0.717) is 0 Å². The van der Waals surface area contributed by atoms with Gasteiger partial charge in [-0.1, -0.05) is 109 Å². The Morgan fingerprint density at radius 1 is 0.533 bits per heavy atom. The minimum Gasteiger partial charge on any atom is -0.346 e. The van der Waals surface area contributed by atoms with E-state index in [1.54, 1.807) is 0 Å². The van der Waals surface area contributed by atoms with Gasteiger partial charge >= 0.3 is 0 Å². The van der Waals surface area contributed by atoms with Gasteiger partial charge in [-0.25, -0.2) is 0 Å². The zero-order valence-corrected chi connectivity index (χ0v) is 16.8. The average Bonchev–Trinajstić information content (AvgIpc) is 2.85. The summed E-state index contributed by atoms with van der Waals surface area (Å²) in [7, 11) is 0. The Morgan fingerprint density at radius 2 is 1.00 bits per heavy atom. The first kappa shape index (κ1) is 18.7. The maximum Gasteiger partial charge on any atom is 0.157 e. The molecule has 0 amide bonds. The number of ether oxygens (including phenoxy) is 1. The van der Waals surface area contributed by atoms with Crippen molar-refractivity contribution < 1.29 is 4.74 Å². The van der Waals surface area contributed by atoms with Crippen LogP contribution in [-0.4, -0.2) is 0 Å². The van der Waals surface area contributed by atoms with E-state index >= 15 is 0 Å². The van der Waals surface area contributed by atoms with Crippen LogP contribution in [0, 0.1) is 0 Å². The molecule has 2 heteroatoms. The molecule has 3 atom stereocenters. The smallest absolute Gasteiger partial charge is 0.157 e. The lowest BCUT2D eigenvalue weighted by Gasteiger charge is -2.47. The maximum atomic E-state index is 6.80. The third kappa shape index (κ3) is 3.74. The quantitative estimate of drug-likeness (QED) is 0.368. The molecule has 0 spiro atoms. The number of hydrogen-bond acceptors (Lipinski definition) is 2. The summed E-state index contributed by atoms with van der Waals surface area (Å²) in [6.07, 6.45) is 0.756. The predicted octanol–water partition coefficient (Wildman–Crippen LogP) is 7.09. The zero-order valence-electron chi connectivity index (χ0n) is 16.8. The first-order valence-corrected chi connectivity index (χ1v) is 10.5. The van der Waals surface area contributed by atoms with Crippen LogP contribution in [0.5, 0.6) is 0 Å². The molecule has 1 aliphatic heterocycles. The molecular weight excluding hydrogens is 366 g/mol. The van der Waals surface area contributed by atoms with Gasteiger partial charge < -0.3 is 9.64 Å². The fourth-order valence-electron chi connectivity index (χ4n) is 4.38. The summed E-state index contributed by atoms with van der Waals surface area (Å²) in [4.78, 5) is 2.43. The zero-order chi connectivity index (χ0) is 20.2. The summed E-state index contributed by atoms with van der Waals surface area (Å²) in [5, 5.41) is 0. The molecule has 1 aliphatic rings. The Morgan fingerprint density at radius 3 is 1.57 bits per heavy atom. The van der Waals surface area contributed by atoms with Gasteiger partial charge in [-0.2, -0.15) is 0 Å². The van der Waals surface area contributed by atoms with Crippen LogP contribution in [0.25, 0.3) is 0 Å². The van der Waals surface area contributed by atoms with Crippen molar-refractivity contribution in [1.29, 1.82) is 0 Å². The molecular formula is C28H25NO. The summed E-state index contributed by atoms with van der Waals surface area (Å²) in [6, 6.07) is 42.8. The molecule has 1 saturated heterocycles. The molecule has 4 aromatic carbocycles. The maximum absolute atomic E-state index is 6.80. The Kier molecular flexibility index (Phi) is 5.32. The summed E-state index contributed by atoms with van der Waals surface area (Å²) in [5.74, 6) is 0. The van der Waals surface area contributed by atoms with Gasteiger partial charge in [-0.05, 0) is 23.3 Å². The van der Waals surface area contributed by atoms with E-state index < -0.39 is 0 Å². The second kappa shape index (κ2) is 8.56. The van der Waals surface area contributed by atoms with Crippen LogP contribution < -0.4 is 4.90 Å². The molecule has 2 nitrogen and oxygen atoms in total. The number of rotatable bonds is 4. The number of benzene rings is 4. The molecule has 30 heavy (non-hydrogen) atoms. The molecule has 5 rings (SSSR count). The van der Waals surface area contributed by atoms with Crippen LogP contribution in [0.15, 0.2) is 121 Å². The van der Waals surface area contributed by atoms with Gasteiger partial charge in [0.05, 0.1) is 12.1 Å². The van der Waals surface area contributed by atoms with Crippen molar-refractivity contribution >= 4 is 5.69 Å². The van der Waals surface area contributed by atoms with Gasteiger partial charge in [0.2, 0.25) is 0 Å². The van der Waals surface area contributed by atoms with E-state index in [0.717, 1.165) is 6.42 Å².